The van der Waals surface area contributed by atoms with Crippen molar-refractivity contribution in [1.29, 1.82) is 0 Å². The van der Waals surface area contributed by atoms with Crippen LogP contribution in [0.4, 0.5) is 0 Å². The molecule has 4 heteroatoms. The van der Waals surface area contributed by atoms with Gasteiger partial charge in [-0.25, -0.2) is 0 Å². The van der Waals surface area contributed by atoms with E-state index in [1.54, 1.807) is 19.1 Å². The van der Waals surface area contributed by atoms with Crippen molar-refractivity contribution in [1.82, 2.24) is 0 Å². The highest BCUT2D eigenvalue weighted by molar-refractivity contribution is 5.93. The zero-order valence-corrected chi connectivity index (χ0v) is 7.78. The molecule has 1 amide bonds. The fraction of sp³-hybridized carbons (Fsp3) is 0.200. The molecule has 1 aromatic carbocycles. The van der Waals surface area contributed by atoms with Crippen LogP contribution in [0.2, 0.25) is 0 Å². The second-order valence-electron chi connectivity index (χ2n) is 3.08. The third-order valence-corrected chi connectivity index (χ3v) is 1.97. The number of carbonyl (C=O) groups excluding carboxylic acids is 1. The van der Waals surface area contributed by atoms with Crippen LogP contribution in [0.25, 0.3) is 0 Å². The number of aliphatic carboxylic acids is 1. The number of amides is 1. The van der Waals surface area contributed by atoms with Gasteiger partial charge in [-0.15, -0.1) is 0 Å². The van der Waals surface area contributed by atoms with E-state index in [9.17, 15) is 9.59 Å². The van der Waals surface area contributed by atoms with Crippen molar-refractivity contribution < 1.29 is 14.7 Å². The molecule has 0 bridgehead atoms. The number of benzene rings is 1. The van der Waals surface area contributed by atoms with E-state index in [0.29, 0.717) is 11.1 Å². The highest BCUT2D eigenvalue weighted by Crippen LogP contribution is 2.11. The SMILES string of the molecule is Cc1cc(C(N)=O)ccc1CC(=O)O. The highest BCUT2D eigenvalue weighted by atomic mass is 16.4. The van der Waals surface area contributed by atoms with E-state index >= 15 is 0 Å². The maximum absolute atomic E-state index is 10.8. The Bertz CT molecular complexity index is 385. The van der Waals surface area contributed by atoms with E-state index in [1.807, 2.05) is 0 Å². The summed E-state index contributed by atoms with van der Waals surface area (Å²) in [4.78, 5) is 21.2. The van der Waals surface area contributed by atoms with Crippen LogP contribution in [0.15, 0.2) is 18.2 Å². The Labute approximate surface area is 81.3 Å². The van der Waals surface area contributed by atoms with Gasteiger partial charge >= 0.3 is 5.97 Å². The molecule has 0 radical (unpaired) electrons. The Kier molecular flexibility index (Phi) is 2.86. The van der Waals surface area contributed by atoms with Gasteiger partial charge in [0.15, 0.2) is 0 Å². The molecule has 0 spiro atoms. The van der Waals surface area contributed by atoms with Crippen molar-refractivity contribution in [3.63, 3.8) is 0 Å². The molecule has 0 saturated carbocycles. The molecule has 0 aliphatic carbocycles. The molecule has 0 atom stereocenters. The van der Waals surface area contributed by atoms with Crippen molar-refractivity contribution in [2.75, 3.05) is 0 Å². The number of nitrogens with two attached hydrogens (primary N) is 1. The smallest absolute Gasteiger partial charge is 0.307 e. The first-order valence-corrected chi connectivity index (χ1v) is 4.12. The van der Waals surface area contributed by atoms with Crippen LogP contribution in [-0.4, -0.2) is 17.0 Å². The molecule has 0 unspecified atom stereocenters. The van der Waals surface area contributed by atoms with Gasteiger partial charge < -0.3 is 10.8 Å². The molecule has 0 aromatic heterocycles. The number of rotatable bonds is 3. The minimum absolute atomic E-state index is 0.0368. The van der Waals surface area contributed by atoms with Crippen LogP contribution in [0, 0.1) is 6.92 Å². The highest BCUT2D eigenvalue weighted by Gasteiger charge is 2.06. The molecule has 0 aliphatic heterocycles. The Hall–Kier alpha value is -1.84. The summed E-state index contributed by atoms with van der Waals surface area (Å²) < 4.78 is 0. The fourth-order valence-electron chi connectivity index (χ4n) is 1.21. The summed E-state index contributed by atoms with van der Waals surface area (Å²) in [6.45, 7) is 1.75. The number of carboxylic acids is 1. The predicted octanol–water partition coefficient (Wildman–Crippen LogP) is 0.721. The van der Waals surface area contributed by atoms with E-state index in [1.165, 1.54) is 6.07 Å². The van der Waals surface area contributed by atoms with Gasteiger partial charge in [-0.05, 0) is 30.2 Å². The van der Waals surface area contributed by atoms with Crippen molar-refractivity contribution in [2.24, 2.45) is 5.73 Å². The van der Waals surface area contributed by atoms with Crippen LogP contribution < -0.4 is 5.73 Å². The van der Waals surface area contributed by atoms with Crippen molar-refractivity contribution in [3.05, 3.63) is 34.9 Å². The molecule has 74 valence electrons. The van der Waals surface area contributed by atoms with Crippen LogP contribution in [0.3, 0.4) is 0 Å². The molecular formula is C10H11NO3. The average Bonchev–Trinajstić information content (AvgIpc) is 2.07. The van der Waals surface area contributed by atoms with Crippen LogP contribution >= 0.6 is 0 Å². The number of primary amides is 1. The number of hydrogen-bond donors (Lipinski definition) is 2. The number of carboxylic acid groups (broad SMARTS) is 1. The topological polar surface area (TPSA) is 80.4 Å². The lowest BCUT2D eigenvalue weighted by Crippen LogP contribution is -2.11. The maximum Gasteiger partial charge on any atom is 0.307 e. The Morgan fingerprint density at radius 3 is 2.50 bits per heavy atom. The van der Waals surface area contributed by atoms with E-state index in [2.05, 4.69) is 0 Å². The first-order chi connectivity index (χ1) is 6.50. The van der Waals surface area contributed by atoms with Gasteiger partial charge in [0.05, 0.1) is 6.42 Å². The fourth-order valence-corrected chi connectivity index (χ4v) is 1.21. The van der Waals surface area contributed by atoms with Gasteiger partial charge in [0.2, 0.25) is 5.91 Å². The van der Waals surface area contributed by atoms with Gasteiger partial charge in [0.1, 0.15) is 0 Å². The molecule has 1 aromatic rings. The normalized spacial score (nSPS) is 9.79. The summed E-state index contributed by atoms with van der Waals surface area (Å²) >= 11 is 0. The second kappa shape index (κ2) is 3.91. The lowest BCUT2D eigenvalue weighted by atomic mass is 10.0. The monoisotopic (exact) mass is 193 g/mol. The number of carbonyl (C=O) groups is 2. The zero-order chi connectivity index (χ0) is 10.7. The first-order valence-electron chi connectivity index (χ1n) is 4.12. The number of hydrogen-bond acceptors (Lipinski definition) is 2. The Balaban J connectivity index is 3.01. The van der Waals surface area contributed by atoms with E-state index < -0.39 is 11.9 Å². The Morgan fingerprint density at radius 2 is 2.07 bits per heavy atom. The van der Waals surface area contributed by atoms with Gasteiger partial charge in [-0.2, -0.15) is 0 Å². The zero-order valence-electron chi connectivity index (χ0n) is 7.78. The first kappa shape index (κ1) is 10.2. The van der Waals surface area contributed by atoms with Gasteiger partial charge in [0, 0.05) is 5.56 Å². The van der Waals surface area contributed by atoms with E-state index in [4.69, 9.17) is 10.8 Å². The molecule has 0 heterocycles. The average molecular weight is 193 g/mol. The van der Waals surface area contributed by atoms with E-state index in [0.717, 1.165) is 5.56 Å². The molecule has 0 saturated heterocycles. The van der Waals surface area contributed by atoms with Crippen molar-refractivity contribution >= 4 is 11.9 Å². The van der Waals surface area contributed by atoms with Crippen LogP contribution in [0.1, 0.15) is 21.5 Å². The van der Waals surface area contributed by atoms with E-state index in [-0.39, 0.29) is 6.42 Å². The standard InChI is InChI=1S/C10H11NO3/c1-6-4-8(10(11)14)3-2-7(6)5-9(12)13/h2-4H,5H2,1H3,(H2,11,14)(H,12,13). The van der Waals surface area contributed by atoms with Crippen LogP contribution in [0.5, 0.6) is 0 Å². The molecule has 0 fully saturated rings. The largest absolute Gasteiger partial charge is 0.481 e. The molecule has 0 aliphatic rings. The lowest BCUT2D eigenvalue weighted by molar-refractivity contribution is -0.136. The minimum atomic E-state index is -0.889. The summed E-state index contributed by atoms with van der Waals surface area (Å²) in [5.41, 5.74) is 6.94. The lowest BCUT2D eigenvalue weighted by Gasteiger charge is -2.04. The molecular weight excluding hydrogens is 182 g/mol. The Morgan fingerprint density at radius 1 is 1.43 bits per heavy atom. The van der Waals surface area contributed by atoms with Crippen molar-refractivity contribution in [3.8, 4) is 0 Å². The predicted molar refractivity (Wildman–Crippen MR) is 51.0 cm³/mol. The van der Waals surface area contributed by atoms with Gasteiger partial charge in [0.25, 0.3) is 0 Å². The molecule has 4 nitrogen and oxygen atoms in total. The minimum Gasteiger partial charge on any atom is -0.481 e. The van der Waals surface area contributed by atoms with Gasteiger partial charge in [-0.3, -0.25) is 9.59 Å². The molecule has 3 N–H and O–H groups in total. The summed E-state index contributed by atoms with van der Waals surface area (Å²) in [6.07, 6.45) is -0.0368. The quantitative estimate of drug-likeness (QED) is 0.742. The van der Waals surface area contributed by atoms with Crippen LogP contribution in [-0.2, 0) is 11.2 Å². The summed E-state index contributed by atoms with van der Waals surface area (Å²) in [6, 6.07) is 4.75. The number of aryl methyl sites for hydroxylation is 1. The summed E-state index contributed by atoms with van der Waals surface area (Å²) in [5.74, 6) is -1.39. The molecule has 14 heavy (non-hydrogen) atoms. The molecule has 1 rings (SSSR count). The summed E-state index contributed by atoms with van der Waals surface area (Å²) in [5, 5.41) is 8.58. The second-order valence-corrected chi connectivity index (χ2v) is 3.08. The van der Waals surface area contributed by atoms with Gasteiger partial charge in [-0.1, -0.05) is 6.07 Å². The summed E-state index contributed by atoms with van der Waals surface area (Å²) in [7, 11) is 0. The maximum atomic E-state index is 10.8. The van der Waals surface area contributed by atoms with Crippen molar-refractivity contribution in [2.45, 2.75) is 13.3 Å². The third kappa shape index (κ3) is 2.32. The third-order valence-electron chi connectivity index (χ3n) is 1.97.